The van der Waals surface area contributed by atoms with Crippen LogP contribution >= 0.6 is 23.6 Å². The van der Waals surface area contributed by atoms with Crippen molar-refractivity contribution in [2.24, 2.45) is 0 Å². The molecule has 2 aliphatic heterocycles. The Bertz CT molecular complexity index is 525. The fourth-order valence-corrected chi connectivity index (χ4v) is 5.19. The summed E-state index contributed by atoms with van der Waals surface area (Å²) in [6.45, 7) is 0. The number of hydrogen-bond acceptors (Lipinski definition) is 5. The molecule has 0 spiro atoms. The molecule has 2 saturated heterocycles. The Labute approximate surface area is 102 Å². The Kier molecular flexibility index (Phi) is 2.20. The maximum atomic E-state index is 11.5. The summed E-state index contributed by atoms with van der Waals surface area (Å²) in [4.78, 5) is 6.01. The van der Waals surface area contributed by atoms with E-state index in [9.17, 15) is 8.42 Å². The highest BCUT2D eigenvalue weighted by Crippen LogP contribution is 2.30. The van der Waals surface area contributed by atoms with Crippen LogP contribution in [0.15, 0.2) is 11.6 Å². The fraction of sp³-hybridized carbons (Fsp3) is 0.500. The third-order valence-electron chi connectivity index (χ3n) is 2.81. The third-order valence-corrected chi connectivity index (χ3v) is 5.61. The van der Waals surface area contributed by atoms with Gasteiger partial charge < -0.3 is 5.32 Å². The number of thiazole rings is 1. The van der Waals surface area contributed by atoms with Crippen LogP contribution in [0.25, 0.3) is 0 Å². The van der Waals surface area contributed by atoms with Gasteiger partial charge in [-0.25, -0.2) is 13.4 Å². The van der Waals surface area contributed by atoms with E-state index in [1.54, 1.807) is 6.20 Å². The van der Waals surface area contributed by atoms with Gasteiger partial charge in [0.1, 0.15) is 0 Å². The molecule has 0 amide bonds. The Morgan fingerprint density at radius 2 is 2.38 bits per heavy atom. The summed E-state index contributed by atoms with van der Waals surface area (Å²) in [5.74, 6) is 0.323. The zero-order valence-corrected chi connectivity index (χ0v) is 10.6. The quantitative estimate of drug-likeness (QED) is 0.728. The average molecular weight is 275 g/mol. The normalized spacial score (nSPS) is 31.5. The van der Waals surface area contributed by atoms with Crippen LogP contribution in [0.1, 0.15) is 0 Å². The second kappa shape index (κ2) is 3.38. The predicted octanol–water partition coefficient (Wildman–Crippen LogP) is 0.00320. The zero-order chi connectivity index (χ0) is 11.3. The first kappa shape index (κ1) is 10.4. The lowest BCUT2D eigenvalue weighted by atomic mass is 10.2. The van der Waals surface area contributed by atoms with E-state index < -0.39 is 9.84 Å². The largest absolute Gasteiger partial charge is 0.356 e. The van der Waals surface area contributed by atoms with E-state index in [0.717, 1.165) is 5.13 Å². The van der Waals surface area contributed by atoms with Gasteiger partial charge in [-0.2, -0.15) is 0 Å². The average Bonchev–Trinajstić information content (AvgIpc) is 2.79. The lowest BCUT2D eigenvalue weighted by Gasteiger charge is -2.19. The molecule has 3 heterocycles. The Balaban J connectivity index is 1.98. The van der Waals surface area contributed by atoms with Gasteiger partial charge in [-0.05, 0) is 12.2 Å². The number of anilines is 1. The summed E-state index contributed by atoms with van der Waals surface area (Å²) in [7, 11) is -2.94. The van der Waals surface area contributed by atoms with Crippen LogP contribution in [0.3, 0.4) is 0 Å². The number of rotatable bonds is 1. The first-order valence-electron chi connectivity index (χ1n) is 4.76. The van der Waals surface area contributed by atoms with Gasteiger partial charge >= 0.3 is 0 Å². The van der Waals surface area contributed by atoms with Crippen molar-refractivity contribution in [1.29, 1.82) is 0 Å². The molecule has 86 valence electrons. The molecule has 2 unspecified atom stereocenters. The van der Waals surface area contributed by atoms with E-state index in [2.05, 4.69) is 10.3 Å². The summed E-state index contributed by atoms with van der Waals surface area (Å²) in [5.41, 5.74) is 0. The summed E-state index contributed by atoms with van der Waals surface area (Å²) >= 11 is 6.67. The topological polar surface area (TPSA) is 62.3 Å². The second-order valence-corrected chi connectivity index (χ2v) is 7.30. The summed E-state index contributed by atoms with van der Waals surface area (Å²) in [6, 6.07) is -0.176. The minimum absolute atomic E-state index is 0.0820. The highest BCUT2D eigenvalue weighted by atomic mass is 32.2. The van der Waals surface area contributed by atoms with Gasteiger partial charge in [0.25, 0.3) is 0 Å². The van der Waals surface area contributed by atoms with Crippen molar-refractivity contribution in [3.63, 3.8) is 0 Å². The highest BCUT2D eigenvalue weighted by Gasteiger charge is 2.48. The molecule has 0 radical (unpaired) electrons. The highest BCUT2D eigenvalue weighted by molar-refractivity contribution is 7.91. The fourth-order valence-electron chi connectivity index (χ4n) is 2.16. The predicted molar refractivity (Wildman–Crippen MR) is 66.6 cm³/mol. The Morgan fingerprint density at radius 1 is 1.56 bits per heavy atom. The van der Waals surface area contributed by atoms with E-state index in [0.29, 0.717) is 5.11 Å². The standard InChI is InChI=1S/C8H9N3O2S3/c12-16(13)3-5-6(4-16)11(7(14)10-5)8-9-1-2-15-8/h1-2,5-6H,3-4H2,(H,10,14). The lowest BCUT2D eigenvalue weighted by molar-refractivity contribution is 0.600. The van der Waals surface area contributed by atoms with E-state index in [4.69, 9.17) is 12.2 Å². The molecule has 2 atom stereocenters. The van der Waals surface area contributed by atoms with Crippen molar-refractivity contribution in [3.8, 4) is 0 Å². The molecular weight excluding hydrogens is 266 g/mol. The van der Waals surface area contributed by atoms with Crippen molar-refractivity contribution in [1.82, 2.24) is 10.3 Å². The molecule has 5 nitrogen and oxygen atoms in total. The minimum Gasteiger partial charge on any atom is -0.356 e. The van der Waals surface area contributed by atoms with Gasteiger partial charge in [-0.1, -0.05) is 0 Å². The molecule has 1 N–H and O–H groups in total. The first-order chi connectivity index (χ1) is 7.57. The SMILES string of the molecule is O=S1(=O)CC2NC(=S)N(c3nccs3)C2C1. The van der Waals surface area contributed by atoms with Crippen LogP contribution in [0.5, 0.6) is 0 Å². The van der Waals surface area contributed by atoms with Gasteiger partial charge in [0.15, 0.2) is 20.1 Å². The molecule has 0 aromatic carbocycles. The number of nitrogens with one attached hydrogen (secondary N) is 1. The molecule has 1 aromatic rings. The molecular formula is C8H9N3O2S3. The second-order valence-electron chi connectivity index (χ2n) is 3.88. The number of sulfone groups is 1. The summed E-state index contributed by atoms with van der Waals surface area (Å²) < 4.78 is 23.1. The van der Waals surface area contributed by atoms with Crippen molar-refractivity contribution in [2.45, 2.75) is 12.1 Å². The third kappa shape index (κ3) is 1.52. The monoisotopic (exact) mass is 275 g/mol. The summed E-state index contributed by atoms with van der Waals surface area (Å²) in [6.07, 6.45) is 1.69. The van der Waals surface area contributed by atoms with Gasteiger partial charge in [-0.3, -0.25) is 4.90 Å². The van der Waals surface area contributed by atoms with Gasteiger partial charge in [-0.15, -0.1) is 11.3 Å². The molecule has 0 bridgehead atoms. The number of hydrogen-bond donors (Lipinski definition) is 1. The van der Waals surface area contributed by atoms with E-state index in [1.165, 1.54) is 11.3 Å². The number of aromatic nitrogens is 1. The van der Waals surface area contributed by atoms with Crippen molar-refractivity contribution < 1.29 is 8.42 Å². The maximum absolute atomic E-state index is 11.5. The van der Waals surface area contributed by atoms with Crippen LogP contribution < -0.4 is 10.2 Å². The summed E-state index contributed by atoms with van der Waals surface area (Å²) in [5, 5.41) is 6.26. The van der Waals surface area contributed by atoms with E-state index >= 15 is 0 Å². The zero-order valence-electron chi connectivity index (χ0n) is 8.16. The van der Waals surface area contributed by atoms with E-state index in [-0.39, 0.29) is 23.6 Å². The van der Waals surface area contributed by atoms with Gasteiger partial charge in [0.05, 0.1) is 23.6 Å². The van der Waals surface area contributed by atoms with E-state index in [1.807, 2.05) is 10.3 Å². The van der Waals surface area contributed by atoms with Crippen LogP contribution in [0, 0.1) is 0 Å². The molecule has 1 aromatic heterocycles. The molecule has 2 fully saturated rings. The molecule has 8 heteroatoms. The van der Waals surface area contributed by atoms with Gasteiger partial charge in [0.2, 0.25) is 0 Å². The lowest BCUT2D eigenvalue weighted by Crippen LogP contribution is -2.36. The van der Waals surface area contributed by atoms with Crippen LogP contribution in [0.2, 0.25) is 0 Å². The molecule has 16 heavy (non-hydrogen) atoms. The van der Waals surface area contributed by atoms with Crippen LogP contribution in [-0.2, 0) is 9.84 Å². The molecule has 0 saturated carbocycles. The number of thiocarbonyl (C=S) groups is 1. The smallest absolute Gasteiger partial charge is 0.191 e. The molecule has 2 aliphatic rings. The van der Waals surface area contributed by atoms with Crippen molar-refractivity contribution in [2.75, 3.05) is 16.4 Å². The number of fused-ring (bicyclic) bond motifs is 1. The first-order valence-corrected chi connectivity index (χ1v) is 7.87. The Morgan fingerprint density at radius 3 is 3.06 bits per heavy atom. The van der Waals surface area contributed by atoms with Crippen molar-refractivity contribution in [3.05, 3.63) is 11.6 Å². The molecule has 0 aliphatic carbocycles. The minimum atomic E-state index is -2.94. The Hall–Kier alpha value is -0.730. The van der Waals surface area contributed by atoms with Crippen molar-refractivity contribution >= 4 is 43.6 Å². The number of nitrogens with zero attached hydrogens (tertiary/aromatic N) is 2. The maximum Gasteiger partial charge on any atom is 0.191 e. The van der Waals surface area contributed by atoms with Gasteiger partial charge in [0, 0.05) is 11.6 Å². The van der Waals surface area contributed by atoms with Crippen LogP contribution in [-0.4, -0.2) is 42.1 Å². The molecule has 3 rings (SSSR count). The van der Waals surface area contributed by atoms with Crippen LogP contribution in [0.4, 0.5) is 5.13 Å².